The maximum absolute atomic E-state index is 5.27. The van der Waals surface area contributed by atoms with Crippen LogP contribution in [0.4, 0.5) is 0 Å². The molecule has 0 saturated carbocycles. The van der Waals surface area contributed by atoms with Gasteiger partial charge in [-0.3, -0.25) is 0 Å². The monoisotopic (exact) mass is 133 g/mol. The molecular weight excluding hydrogens is 114 g/mol. The molecule has 0 amide bonds. The van der Waals surface area contributed by atoms with Crippen molar-refractivity contribution in [1.82, 2.24) is 11.5 Å². The van der Waals surface area contributed by atoms with Gasteiger partial charge in [0.1, 0.15) is 0 Å². The minimum atomic E-state index is 0. The summed E-state index contributed by atoms with van der Waals surface area (Å²) in [5.41, 5.74) is 5.27. The van der Waals surface area contributed by atoms with Crippen molar-refractivity contribution in [2.45, 2.75) is 19.8 Å². The van der Waals surface area contributed by atoms with Crippen LogP contribution in [-0.4, -0.2) is 19.6 Å². The summed E-state index contributed by atoms with van der Waals surface area (Å²) in [5.74, 6) is 0. The average Bonchev–Trinajstić information content (AvgIpc) is 1.81. The lowest BCUT2D eigenvalue weighted by molar-refractivity contribution is 0.645. The SMILES string of the molecule is CCCNCCCN.N. The Kier molecular flexibility index (Phi) is 14.0. The molecular formula is C6H19N3. The van der Waals surface area contributed by atoms with Crippen LogP contribution in [-0.2, 0) is 0 Å². The van der Waals surface area contributed by atoms with Gasteiger partial charge in [0.2, 0.25) is 0 Å². The van der Waals surface area contributed by atoms with Gasteiger partial charge in [0.15, 0.2) is 0 Å². The molecule has 9 heavy (non-hydrogen) atoms. The second kappa shape index (κ2) is 10.8. The Morgan fingerprint density at radius 1 is 1.33 bits per heavy atom. The molecule has 0 aliphatic heterocycles. The van der Waals surface area contributed by atoms with Crippen LogP contribution in [0.15, 0.2) is 0 Å². The summed E-state index contributed by atoms with van der Waals surface area (Å²) in [6, 6.07) is 0. The first-order valence-corrected chi connectivity index (χ1v) is 3.32. The van der Waals surface area contributed by atoms with E-state index < -0.39 is 0 Å². The molecule has 6 N–H and O–H groups in total. The third kappa shape index (κ3) is 11.4. The van der Waals surface area contributed by atoms with Gasteiger partial charge in [0.25, 0.3) is 0 Å². The van der Waals surface area contributed by atoms with E-state index in [4.69, 9.17) is 5.73 Å². The minimum Gasteiger partial charge on any atom is -0.344 e. The van der Waals surface area contributed by atoms with Crippen LogP contribution < -0.4 is 17.2 Å². The third-order valence-corrected chi connectivity index (χ3v) is 0.984. The van der Waals surface area contributed by atoms with Gasteiger partial charge in [-0.05, 0) is 32.5 Å². The maximum atomic E-state index is 5.27. The van der Waals surface area contributed by atoms with Crippen LogP contribution in [0.1, 0.15) is 19.8 Å². The lowest BCUT2D eigenvalue weighted by Crippen LogP contribution is -2.18. The molecule has 0 bridgehead atoms. The smallest absolute Gasteiger partial charge is 0.00369 e. The van der Waals surface area contributed by atoms with E-state index in [9.17, 15) is 0 Å². The lowest BCUT2D eigenvalue weighted by Gasteiger charge is -1.98. The van der Waals surface area contributed by atoms with E-state index >= 15 is 0 Å². The molecule has 3 heteroatoms. The Hall–Kier alpha value is -0.120. The first-order valence-electron chi connectivity index (χ1n) is 3.32. The summed E-state index contributed by atoms with van der Waals surface area (Å²) in [7, 11) is 0. The molecule has 0 heterocycles. The summed E-state index contributed by atoms with van der Waals surface area (Å²) in [6.07, 6.45) is 2.31. The van der Waals surface area contributed by atoms with E-state index in [1.807, 2.05) is 0 Å². The zero-order valence-electron chi connectivity index (χ0n) is 6.32. The van der Waals surface area contributed by atoms with Crippen molar-refractivity contribution in [3.8, 4) is 0 Å². The van der Waals surface area contributed by atoms with Gasteiger partial charge < -0.3 is 17.2 Å². The first kappa shape index (κ1) is 11.6. The summed E-state index contributed by atoms with van der Waals surface area (Å²) in [4.78, 5) is 0. The highest BCUT2D eigenvalue weighted by Gasteiger charge is 1.80. The maximum Gasteiger partial charge on any atom is -0.00369 e. The van der Waals surface area contributed by atoms with Crippen LogP contribution in [0.25, 0.3) is 0 Å². The van der Waals surface area contributed by atoms with Gasteiger partial charge in [-0.2, -0.15) is 0 Å². The average molecular weight is 133 g/mol. The van der Waals surface area contributed by atoms with Crippen molar-refractivity contribution in [3.05, 3.63) is 0 Å². The molecule has 0 aliphatic rings. The molecule has 0 aromatic heterocycles. The Balaban J connectivity index is 0. The molecule has 0 fully saturated rings. The van der Waals surface area contributed by atoms with E-state index in [1.165, 1.54) is 6.42 Å². The number of rotatable bonds is 5. The minimum absolute atomic E-state index is 0. The predicted molar refractivity (Wildman–Crippen MR) is 41.9 cm³/mol. The largest absolute Gasteiger partial charge is 0.344 e. The Morgan fingerprint density at radius 3 is 2.44 bits per heavy atom. The van der Waals surface area contributed by atoms with Gasteiger partial charge in [0.05, 0.1) is 0 Å². The zero-order chi connectivity index (χ0) is 6.24. The fourth-order valence-corrected chi connectivity index (χ4v) is 0.529. The first-order chi connectivity index (χ1) is 3.91. The summed E-state index contributed by atoms with van der Waals surface area (Å²) in [5, 5.41) is 3.26. The highest BCUT2D eigenvalue weighted by molar-refractivity contribution is 4.45. The third-order valence-electron chi connectivity index (χ3n) is 0.984. The van der Waals surface area contributed by atoms with Crippen molar-refractivity contribution in [2.24, 2.45) is 5.73 Å². The molecule has 0 aromatic carbocycles. The molecule has 3 nitrogen and oxygen atoms in total. The van der Waals surface area contributed by atoms with Crippen molar-refractivity contribution in [1.29, 1.82) is 0 Å². The standard InChI is InChI=1S/C6H16N2.H3N/c1-2-5-8-6-3-4-7;/h8H,2-7H2,1H3;1H3. The van der Waals surface area contributed by atoms with Crippen LogP contribution in [0.5, 0.6) is 0 Å². The van der Waals surface area contributed by atoms with Crippen LogP contribution in [0, 0.1) is 0 Å². The summed E-state index contributed by atoms with van der Waals surface area (Å²) >= 11 is 0. The van der Waals surface area contributed by atoms with Gasteiger partial charge in [-0.1, -0.05) is 6.92 Å². The molecule has 0 saturated heterocycles. The Bertz CT molecular complexity index is 33.3. The molecule has 58 valence electrons. The number of nitrogens with two attached hydrogens (primary N) is 1. The normalized spacial score (nSPS) is 8.67. The number of nitrogens with one attached hydrogen (secondary N) is 1. The Morgan fingerprint density at radius 2 is 2.00 bits per heavy atom. The van der Waals surface area contributed by atoms with E-state index in [1.54, 1.807) is 0 Å². The van der Waals surface area contributed by atoms with Gasteiger partial charge in [0, 0.05) is 0 Å². The topological polar surface area (TPSA) is 73.0 Å². The van der Waals surface area contributed by atoms with Crippen molar-refractivity contribution >= 4 is 0 Å². The summed E-state index contributed by atoms with van der Waals surface area (Å²) < 4.78 is 0. The number of hydrogen-bond donors (Lipinski definition) is 3. The fourth-order valence-electron chi connectivity index (χ4n) is 0.529. The molecule has 0 unspecified atom stereocenters. The van der Waals surface area contributed by atoms with Crippen LogP contribution in [0.3, 0.4) is 0 Å². The highest BCUT2D eigenvalue weighted by Crippen LogP contribution is 1.71. The van der Waals surface area contributed by atoms with Crippen LogP contribution in [0.2, 0.25) is 0 Å². The highest BCUT2D eigenvalue weighted by atomic mass is 14.8. The van der Waals surface area contributed by atoms with Crippen LogP contribution >= 0.6 is 0 Å². The molecule has 0 aromatic rings. The van der Waals surface area contributed by atoms with E-state index in [-0.39, 0.29) is 6.15 Å². The zero-order valence-corrected chi connectivity index (χ0v) is 6.32. The number of hydrogen-bond acceptors (Lipinski definition) is 3. The summed E-state index contributed by atoms with van der Waals surface area (Å²) in [6.45, 7) is 5.16. The molecule has 0 aliphatic carbocycles. The molecule has 0 atom stereocenters. The van der Waals surface area contributed by atoms with Crippen molar-refractivity contribution in [2.75, 3.05) is 19.6 Å². The molecule has 0 spiro atoms. The van der Waals surface area contributed by atoms with Crippen molar-refractivity contribution in [3.63, 3.8) is 0 Å². The molecule has 0 rings (SSSR count). The van der Waals surface area contributed by atoms with E-state index in [0.717, 1.165) is 26.1 Å². The van der Waals surface area contributed by atoms with E-state index in [2.05, 4.69) is 12.2 Å². The predicted octanol–water partition coefficient (Wildman–Crippen LogP) is 0.497. The lowest BCUT2D eigenvalue weighted by atomic mass is 10.4. The van der Waals surface area contributed by atoms with Crippen molar-refractivity contribution < 1.29 is 0 Å². The molecule has 0 radical (unpaired) electrons. The quantitative estimate of drug-likeness (QED) is 0.478. The van der Waals surface area contributed by atoms with Gasteiger partial charge in [-0.25, -0.2) is 0 Å². The second-order valence-electron chi connectivity index (χ2n) is 1.89. The van der Waals surface area contributed by atoms with Gasteiger partial charge in [-0.15, -0.1) is 0 Å². The second-order valence-corrected chi connectivity index (χ2v) is 1.89. The van der Waals surface area contributed by atoms with Gasteiger partial charge >= 0.3 is 0 Å². The Labute approximate surface area is 57.6 Å². The van der Waals surface area contributed by atoms with E-state index in [0.29, 0.717) is 0 Å². The fraction of sp³-hybridized carbons (Fsp3) is 1.00.